The zero-order chi connectivity index (χ0) is 15.6. The Bertz CT molecular complexity index is 465. The molecule has 120 valence electrons. The minimum atomic E-state index is 0.131. The molecule has 0 amide bonds. The van der Waals surface area contributed by atoms with Crippen molar-refractivity contribution in [3.05, 3.63) is 10.6 Å². The SMILES string of the molecule is CC1CN(c2nc(C(C)C)c(CNC(C)(C)C)s2)CCO1. The largest absolute Gasteiger partial charge is 0.375 e. The molecule has 1 aromatic rings. The van der Waals surface area contributed by atoms with Crippen LogP contribution in [0, 0.1) is 0 Å². The second kappa shape index (κ2) is 6.63. The van der Waals surface area contributed by atoms with Crippen molar-refractivity contribution in [1.82, 2.24) is 10.3 Å². The fourth-order valence-corrected chi connectivity index (χ4v) is 3.59. The monoisotopic (exact) mass is 311 g/mol. The first-order chi connectivity index (χ1) is 9.76. The molecule has 1 atom stereocenters. The second-order valence-electron chi connectivity index (χ2n) is 7.19. The van der Waals surface area contributed by atoms with E-state index in [1.54, 1.807) is 0 Å². The van der Waals surface area contributed by atoms with Gasteiger partial charge in [-0.3, -0.25) is 0 Å². The number of thiazole rings is 1. The number of nitrogens with zero attached hydrogens (tertiary/aromatic N) is 2. The van der Waals surface area contributed by atoms with Crippen molar-refractivity contribution < 1.29 is 4.74 Å². The molecule has 0 radical (unpaired) electrons. The standard InChI is InChI=1S/C16H29N3OS/c1-11(2)14-13(9-17-16(4,5)6)21-15(18-14)19-7-8-20-12(3)10-19/h11-12,17H,7-10H2,1-6H3. The van der Waals surface area contributed by atoms with Gasteiger partial charge in [0, 0.05) is 30.1 Å². The van der Waals surface area contributed by atoms with E-state index in [9.17, 15) is 0 Å². The summed E-state index contributed by atoms with van der Waals surface area (Å²) in [6.07, 6.45) is 0.293. The van der Waals surface area contributed by atoms with Crippen LogP contribution in [0.1, 0.15) is 58.0 Å². The first-order valence-electron chi connectivity index (χ1n) is 7.87. The van der Waals surface area contributed by atoms with E-state index in [1.807, 2.05) is 11.3 Å². The van der Waals surface area contributed by atoms with Gasteiger partial charge in [0.25, 0.3) is 0 Å². The number of rotatable bonds is 4. The normalized spacial score (nSPS) is 20.3. The Morgan fingerprint density at radius 3 is 2.71 bits per heavy atom. The van der Waals surface area contributed by atoms with Crippen LogP contribution in [-0.4, -0.2) is 36.3 Å². The molecule has 1 saturated heterocycles. The maximum Gasteiger partial charge on any atom is 0.186 e. The molecule has 1 aliphatic heterocycles. The molecule has 0 aliphatic carbocycles. The Morgan fingerprint density at radius 1 is 1.43 bits per heavy atom. The minimum Gasteiger partial charge on any atom is -0.375 e. The van der Waals surface area contributed by atoms with Crippen LogP contribution in [-0.2, 0) is 11.3 Å². The zero-order valence-corrected chi connectivity index (χ0v) is 15.0. The predicted molar refractivity (Wildman–Crippen MR) is 90.4 cm³/mol. The van der Waals surface area contributed by atoms with Crippen LogP contribution in [0.2, 0.25) is 0 Å². The van der Waals surface area contributed by atoms with Crippen molar-refractivity contribution in [3.8, 4) is 0 Å². The zero-order valence-electron chi connectivity index (χ0n) is 14.2. The molecule has 2 heterocycles. The molecule has 4 nitrogen and oxygen atoms in total. The number of morpholine rings is 1. The highest BCUT2D eigenvalue weighted by Gasteiger charge is 2.23. The van der Waals surface area contributed by atoms with E-state index in [0.29, 0.717) is 12.0 Å². The van der Waals surface area contributed by atoms with E-state index in [-0.39, 0.29) is 5.54 Å². The molecule has 0 spiro atoms. The molecule has 21 heavy (non-hydrogen) atoms. The van der Waals surface area contributed by atoms with Crippen molar-refractivity contribution in [1.29, 1.82) is 0 Å². The van der Waals surface area contributed by atoms with Crippen LogP contribution in [0.3, 0.4) is 0 Å². The lowest BCUT2D eigenvalue weighted by molar-refractivity contribution is 0.0532. The van der Waals surface area contributed by atoms with Gasteiger partial charge in [0.15, 0.2) is 5.13 Å². The molecule has 1 unspecified atom stereocenters. The smallest absolute Gasteiger partial charge is 0.186 e. The lowest BCUT2D eigenvalue weighted by Gasteiger charge is -2.30. The first-order valence-corrected chi connectivity index (χ1v) is 8.69. The number of hydrogen-bond acceptors (Lipinski definition) is 5. The van der Waals surface area contributed by atoms with Crippen LogP contribution < -0.4 is 10.2 Å². The maximum atomic E-state index is 5.63. The molecule has 1 N–H and O–H groups in total. The highest BCUT2D eigenvalue weighted by Crippen LogP contribution is 2.32. The quantitative estimate of drug-likeness (QED) is 0.925. The van der Waals surface area contributed by atoms with Gasteiger partial charge in [-0.25, -0.2) is 4.98 Å². The topological polar surface area (TPSA) is 37.4 Å². The van der Waals surface area contributed by atoms with Gasteiger partial charge in [-0.1, -0.05) is 13.8 Å². The third kappa shape index (κ3) is 4.66. The van der Waals surface area contributed by atoms with E-state index in [0.717, 1.165) is 31.4 Å². The lowest BCUT2D eigenvalue weighted by Crippen LogP contribution is -2.41. The fraction of sp³-hybridized carbons (Fsp3) is 0.812. The summed E-state index contributed by atoms with van der Waals surface area (Å²) < 4.78 is 5.63. The van der Waals surface area contributed by atoms with Gasteiger partial charge >= 0.3 is 0 Å². The van der Waals surface area contributed by atoms with E-state index in [2.05, 4.69) is 51.8 Å². The van der Waals surface area contributed by atoms with Gasteiger partial charge in [0.05, 0.1) is 18.4 Å². The average Bonchev–Trinajstić information content (AvgIpc) is 2.80. The second-order valence-corrected chi connectivity index (χ2v) is 8.25. The Hall–Kier alpha value is -0.650. The minimum absolute atomic E-state index is 0.131. The molecule has 2 rings (SSSR count). The average molecular weight is 311 g/mol. The summed E-state index contributed by atoms with van der Waals surface area (Å²) in [5.41, 5.74) is 1.37. The van der Waals surface area contributed by atoms with Crippen molar-refractivity contribution in [2.24, 2.45) is 0 Å². The van der Waals surface area contributed by atoms with Crippen LogP contribution >= 0.6 is 11.3 Å². The number of aromatic nitrogens is 1. The number of anilines is 1. The summed E-state index contributed by atoms with van der Waals surface area (Å²) >= 11 is 1.83. The maximum absolute atomic E-state index is 5.63. The molecule has 0 aromatic carbocycles. The van der Waals surface area contributed by atoms with E-state index in [1.165, 1.54) is 10.6 Å². The van der Waals surface area contributed by atoms with E-state index >= 15 is 0 Å². The highest BCUT2D eigenvalue weighted by atomic mass is 32.1. The van der Waals surface area contributed by atoms with Crippen LogP contribution in [0.25, 0.3) is 0 Å². The highest BCUT2D eigenvalue weighted by molar-refractivity contribution is 7.15. The van der Waals surface area contributed by atoms with Gasteiger partial charge in [0.1, 0.15) is 0 Å². The van der Waals surface area contributed by atoms with Crippen molar-refractivity contribution in [2.45, 2.75) is 65.6 Å². The van der Waals surface area contributed by atoms with Crippen molar-refractivity contribution >= 4 is 16.5 Å². The molecule has 0 bridgehead atoms. The Balaban J connectivity index is 2.16. The summed E-state index contributed by atoms with van der Waals surface area (Å²) in [6.45, 7) is 16.8. The Labute approximate surface area is 132 Å². The summed E-state index contributed by atoms with van der Waals surface area (Å²) in [7, 11) is 0. The number of nitrogens with one attached hydrogen (secondary N) is 1. The molecule has 1 aliphatic rings. The molecule has 1 fully saturated rings. The third-order valence-electron chi connectivity index (χ3n) is 3.55. The van der Waals surface area contributed by atoms with Gasteiger partial charge in [0.2, 0.25) is 0 Å². The summed E-state index contributed by atoms with van der Waals surface area (Å²) in [5, 5.41) is 4.74. The molecular formula is C16H29N3OS. The van der Waals surface area contributed by atoms with Crippen LogP contribution in [0.5, 0.6) is 0 Å². The van der Waals surface area contributed by atoms with Gasteiger partial charge < -0.3 is 15.0 Å². The predicted octanol–water partition coefficient (Wildman–Crippen LogP) is 3.38. The van der Waals surface area contributed by atoms with Crippen molar-refractivity contribution in [3.63, 3.8) is 0 Å². The van der Waals surface area contributed by atoms with Gasteiger partial charge in [-0.15, -0.1) is 11.3 Å². The van der Waals surface area contributed by atoms with Gasteiger partial charge in [-0.05, 0) is 33.6 Å². The lowest BCUT2D eigenvalue weighted by atomic mass is 10.1. The van der Waals surface area contributed by atoms with Crippen molar-refractivity contribution in [2.75, 3.05) is 24.6 Å². The van der Waals surface area contributed by atoms with Gasteiger partial charge in [-0.2, -0.15) is 0 Å². The van der Waals surface area contributed by atoms with E-state index < -0.39 is 0 Å². The Morgan fingerprint density at radius 2 is 2.14 bits per heavy atom. The molecule has 0 saturated carbocycles. The molecule has 1 aromatic heterocycles. The molecule has 5 heteroatoms. The molecular weight excluding hydrogens is 282 g/mol. The number of hydrogen-bond donors (Lipinski definition) is 1. The van der Waals surface area contributed by atoms with Crippen LogP contribution in [0.15, 0.2) is 0 Å². The first kappa shape index (κ1) is 16.7. The summed E-state index contributed by atoms with van der Waals surface area (Å²) in [6, 6.07) is 0. The Kier molecular flexibility index (Phi) is 5.28. The third-order valence-corrected chi connectivity index (χ3v) is 4.69. The summed E-state index contributed by atoms with van der Waals surface area (Å²) in [4.78, 5) is 8.65. The van der Waals surface area contributed by atoms with E-state index in [4.69, 9.17) is 9.72 Å². The number of ether oxygens (including phenoxy) is 1. The summed E-state index contributed by atoms with van der Waals surface area (Å²) in [5.74, 6) is 0.463. The fourth-order valence-electron chi connectivity index (χ4n) is 2.40. The van der Waals surface area contributed by atoms with Crippen LogP contribution in [0.4, 0.5) is 5.13 Å².